The van der Waals surface area contributed by atoms with Crippen molar-refractivity contribution < 1.29 is 9.53 Å². The van der Waals surface area contributed by atoms with Crippen molar-refractivity contribution in [2.75, 3.05) is 6.61 Å². The van der Waals surface area contributed by atoms with Crippen molar-refractivity contribution in [2.24, 2.45) is 23.2 Å². The standard InChI is InChI=1S/C22H26O2/c1-2-9-24-20-6-3-16(4-7-20)5-8-21(23)22-13-17-10-18(14-22)12-19(11-17)15-22/h2-8,17-19H,1,9-15H2. The summed E-state index contributed by atoms with van der Waals surface area (Å²) in [5.41, 5.74) is 1.03. The molecule has 2 nitrogen and oxygen atoms in total. The SMILES string of the molecule is C=CCOc1ccc(C=CC(=O)C23CC4CC(CC(C4)C2)C3)cc1. The van der Waals surface area contributed by atoms with Gasteiger partial charge in [-0.1, -0.05) is 30.9 Å². The minimum atomic E-state index is -0.0295. The van der Waals surface area contributed by atoms with Gasteiger partial charge in [0, 0.05) is 5.41 Å². The van der Waals surface area contributed by atoms with Crippen LogP contribution in [-0.4, -0.2) is 12.4 Å². The van der Waals surface area contributed by atoms with E-state index in [4.69, 9.17) is 4.74 Å². The van der Waals surface area contributed by atoms with Crippen LogP contribution in [0.4, 0.5) is 0 Å². The maximum atomic E-state index is 13.0. The summed E-state index contributed by atoms with van der Waals surface area (Å²) in [5.74, 6) is 3.65. The smallest absolute Gasteiger partial charge is 0.161 e. The third-order valence-corrected chi connectivity index (χ3v) is 6.24. The molecule has 2 heteroatoms. The number of benzene rings is 1. The number of carbonyl (C=O) groups is 1. The van der Waals surface area contributed by atoms with Crippen molar-refractivity contribution >= 4 is 11.9 Å². The molecule has 0 unspecified atom stereocenters. The largest absolute Gasteiger partial charge is 0.490 e. The summed E-state index contributed by atoms with van der Waals surface area (Å²) in [6, 6.07) is 7.89. The fraction of sp³-hybridized carbons (Fsp3) is 0.500. The van der Waals surface area contributed by atoms with Crippen molar-refractivity contribution in [1.82, 2.24) is 0 Å². The lowest BCUT2D eigenvalue weighted by atomic mass is 9.48. The molecule has 0 amide bonds. The van der Waals surface area contributed by atoms with Gasteiger partial charge in [-0.2, -0.15) is 0 Å². The van der Waals surface area contributed by atoms with Gasteiger partial charge in [-0.25, -0.2) is 0 Å². The van der Waals surface area contributed by atoms with Crippen molar-refractivity contribution in [1.29, 1.82) is 0 Å². The van der Waals surface area contributed by atoms with Crippen LogP contribution in [0.25, 0.3) is 6.08 Å². The molecule has 4 bridgehead atoms. The van der Waals surface area contributed by atoms with E-state index in [-0.39, 0.29) is 5.41 Å². The molecule has 0 spiro atoms. The van der Waals surface area contributed by atoms with Crippen molar-refractivity contribution in [3.63, 3.8) is 0 Å². The molecule has 4 aliphatic carbocycles. The van der Waals surface area contributed by atoms with Crippen LogP contribution in [0.1, 0.15) is 44.1 Å². The van der Waals surface area contributed by atoms with E-state index in [0.717, 1.165) is 48.3 Å². The highest BCUT2D eigenvalue weighted by Gasteiger charge is 2.53. The molecule has 5 rings (SSSR count). The fourth-order valence-corrected chi connectivity index (χ4v) is 5.59. The van der Waals surface area contributed by atoms with Crippen LogP contribution < -0.4 is 4.74 Å². The Balaban J connectivity index is 1.44. The molecule has 0 aromatic heterocycles. The van der Waals surface area contributed by atoms with Gasteiger partial charge >= 0.3 is 0 Å². The Morgan fingerprint density at radius 3 is 2.21 bits per heavy atom. The second-order valence-electron chi connectivity index (χ2n) is 8.06. The molecular formula is C22H26O2. The van der Waals surface area contributed by atoms with Gasteiger partial charge in [0.15, 0.2) is 5.78 Å². The first-order chi connectivity index (χ1) is 11.7. The van der Waals surface area contributed by atoms with Gasteiger partial charge in [0.25, 0.3) is 0 Å². The zero-order valence-electron chi connectivity index (χ0n) is 14.2. The molecule has 0 N–H and O–H groups in total. The van der Waals surface area contributed by atoms with Crippen LogP contribution in [0.2, 0.25) is 0 Å². The topological polar surface area (TPSA) is 26.3 Å². The van der Waals surface area contributed by atoms with E-state index in [0.29, 0.717) is 12.4 Å². The van der Waals surface area contributed by atoms with Crippen LogP contribution in [-0.2, 0) is 4.79 Å². The molecule has 24 heavy (non-hydrogen) atoms. The van der Waals surface area contributed by atoms with Gasteiger partial charge in [-0.05, 0) is 80.1 Å². The quantitative estimate of drug-likeness (QED) is 0.541. The predicted octanol–water partition coefficient (Wildman–Crippen LogP) is 5.05. The normalized spacial score (nSPS) is 33.8. The molecular weight excluding hydrogens is 296 g/mol. The van der Waals surface area contributed by atoms with E-state index in [2.05, 4.69) is 6.58 Å². The van der Waals surface area contributed by atoms with Crippen molar-refractivity contribution in [3.05, 3.63) is 48.6 Å². The Hall–Kier alpha value is -1.83. The van der Waals surface area contributed by atoms with E-state index in [9.17, 15) is 4.79 Å². The molecule has 0 atom stereocenters. The molecule has 1 aromatic carbocycles. The molecule has 4 aliphatic rings. The summed E-state index contributed by atoms with van der Waals surface area (Å²) in [7, 11) is 0. The third-order valence-electron chi connectivity index (χ3n) is 6.24. The molecule has 4 saturated carbocycles. The van der Waals surface area contributed by atoms with Gasteiger partial charge in [-0.3, -0.25) is 4.79 Å². The highest BCUT2D eigenvalue weighted by atomic mass is 16.5. The summed E-state index contributed by atoms with van der Waals surface area (Å²) in [6.07, 6.45) is 13.1. The maximum absolute atomic E-state index is 13.0. The molecule has 0 aliphatic heterocycles. The Morgan fingerprint density at radius 1 is 1.08 bits per heavy atom. The summed E-state index contributed by atoms with van der Waals surface area (Å²) in [4.78, 5) is 13.0. The molecule has 1 aromatic rings. The molecule has 0 heterocycles. The number of allylic oxidation sites excluding steroid dienone is 1. The van der Waals surface area contributed by atoms with E-state index in [1.807, 2.05) is 36.4 Å². The Morgan fingerprint density at radius 2 is 1.67 bits per heavy atom. The first kappa shape index (κ1) is 15.7. The van der Waals surface area contributed by atoms with Gasteiger partial charge in [-0.15, -0.1) is 0 Å². The van der Waals surface area contributed by atoms with Crippen molar-refractivity contribution in [2.45, 2.75) is 38.5 Å². The van der Waals surface area contributed by atoms with Crippen LogP contribution >= 0.6 is 0 Å². The zero-order valence-corrected chi connectivity index (χ0v) is 14.2. The second-order valence-corrected chi connectivity index (χ2v) is 8.06. The highest BCUT2D eigenvalue weighted by Crippen LogP contribution is 2.60. The lowest BCUT2D eigenvalue weighted by molar-refractivity contribution is -0.138. The minimum Gasteiger partial charge on any atom is -0.490 e. The fourth-order valence-electron chi connectivity index (χ4n) is 5.59. The minimum absolute atomic E-state index is 0.0295. The summed E-state index contributed by atoms with van der Waals surface area (Å²) >= 11 is 0. The Labute approximate surface area is 144 Å². The van der Waals surface area contributed by atoms with Crippen LogP contribution in [0.3, 0.4) is 0 Å². The molecule has 0 saturated heterocycles. The van der Waals surface area contributed by atoms with E-state index in [1.165, 1.54) is 19.3 Å². The number of ether oxygens (including phenoxy) is 1. The van der Waals surface area contributed by atoms with Crippen LogP contribution in [0.15, 0.2) is 43.0 Å². The first-order valence-electron chi connectivity index (χ1n) is 9.23. The number of hydrogen-bond acceptors (Lipinski definition) is 2. The first-order valence-corrected chi connectivity index (χ1v) is 9.23. The zero-order chi connectivity index (χ0) is 16.6. The van der Waals surface area contributed by atoms with Gasteiger partial charge in [0.2, 0.25) is 0 Å². The number of rotatable bonds is 6. The number of ketones is 1. The van der Waals surface area contributed by atoms with Gasteiger partial charge < -0.3 is 4.74 Å². The van der Waals surface area contributed by atoms with E-state index < -0.39 is 0 Å². The Bertz CT molecular complexity index is 618. The average Bonchev–Trinajstić information content (AvgIpc) is 2.57. The lowest BCUT2D eigenvalue weighted by Crippen LogP contribution is -2.49. The average molecular weight is 322 g/mol. The van der Waals surface area contributed by atoms with E-state index >= 15 is 0 Å². The number of carbonyl (C=O) groups excluding carboxylic acids is 1. The molecule has 4 fully saturated rings. The van der Waals surface area contributed by atoms with Gasteiger partial charge in [0.1, 0.15) is 12.4 Å². The second kappa shape index (κ2) is 6.23. The van der Waals surface area contributed by atoms with Gasteiger partial charge in [0.05, 0.1) is 0 Å². The maximum Gasteiger partial charge on any atom is 0.161 e. The Kier molecular flexibility index (Phi) is 4.07. The molecule has 126 valence electrons. The number of hydrogen-bond donors (Lipinski definition) is 0. The summed E-state index contributed by atoms with van der Waals surface area (Å²) < 4.78 is 5.49. The highest BCUT2D eigenvalue weighted by molar-refractivity contribution is 5.98. The van der Waals surface area contributed by atoms with Crippen LogP contribution in [0, 0.1) is 23.2 Å². The predicted molar refractivity (Wildman–Crippen MR) is 96.8 cm³/mol. The monoisotopic (exact) mass is 322 g/mol. The van der Waals surface area contributed by atoms with E-state index in [1.54, 1.807) is 6.08 Å². The summed E-state index contributed by atoms with van der Waals surface area (Å²) in [5, 5.41) is 0. The third kappa shape index (κ3) is 2.94. The summed E-state index contributed by atoms with van der Waals surface area (Å²) in [6.45, 7) is 4.16. The molecule has 0 radical (unpaired) electrons. The lowest BCUT2D eigenvalue weighted by Gasteiger charge is -2.55. The van der Waals surface area contributed by atoms with Crippen LogP contribution in [0.5, 0.6) is 5.75 Å². The van der Waals surface area contributed by atoms with Crippen molar-refractivity contribution in [3.8, 4) is 5.75 Å².